The van der Waals surface area contributed by atoms with Crippen LogP contribution in [0.3, 0.4) is 0 Å². The maximum absolute atomic E-state index is 9.62. The van der Waals surface area contributed by atoms with Crippen LogP contribution < -0.4 is 10.0 Å². The lowest BCUT2D eigenvalue weighted by Gasteiger charge is -2.07. The molecular formula is C7H17NO4. The van der Waals surface area contributed by atoms with Gasteiger partial charge in [-0.3, -0.25) is 0 Å². The van der Waals surface area contributed by atoms with Crippen LogP contribution in [0.25, 0.3) is 0 Å². The number of carbonyl (C=O) groups excluding carboxylic acids is 1. The fourth-order valence-corrected chi connectivity index (χ4v) is 0.240. The highest BCUT2D eigenvalue weighted by Gasteiger charge is 2.00. The van der Waals surface area contributed by atoms with E-state index in [0.29, 0.717) is 0 Å². The van der Waals surface area contributed by atoms with Gasteiger partial charge in [-0.2, -0.15) is 0 Å². The second-order valence-electron chi connectivity index (χ2n) is 2.85. The molecule has 0 saturated heterocycles. The van der Waals surface area contributed by atoms with Crippen LogP contribution in [0.5, 0.6) is 0 Å². The third kappa shape index (κ3) is 16.2. The van der Waals surface area contributed by atoms with Crippen LogP contribution in [-0.2, 0) is 4.79 Å². The largest absolute Gasteiger partial charge is 0.547 e. The number of carboxylic acid groups (broad SMARTS) is 1. The second kappa shape index (κ2) is 8.45. The first kappa shape index (κ1) is 13.9. The molecule has 0 fully saturated rings. The maximum atomic E-state index is 9.62. The standard InChI is InChI=1S/C4H8O4.C3H9N/c5-2-1-3(6)4(7)8;1-4(2)3/h3,5-6H,1-2H2,(H,7,8);1-3H3. The highest BCUT2D eigenvalue weighted by atomic mass is 16.4. The van der Waals surface area contributed by atoms with Gasteiger partial charge in [0.15, 0.2) is 0 Å². The molecule has 0 aromatic rings. The molecule has 0 aliphatic rings. The van der Waals surface area contributed by atoms with Gasteiger partial charge in [-0.15, -0.1) is 0 Å². The van der Waals surface area contributed by atoms with Crippen LogP contribution in [0, 0.1) is 0 Å². The smallest absolute Gasteiger partial charge is 0.0955 e. The molecule has 74 valence electrons. The molecule has 5 heteroatoms. The maximum Gasteiger partial charge on any atom is 0.0955 e. The number of carboxylic acids is 1. The summed E-state index contributed by atoms with van der Waals surface area (Å²) in [5.74, 6) is -1.54. The van der Waals surface area contributed by atoms with E-state index in [9.17, 15) is 9.90 Å². The van der Waals surface area contributed by atoms with Crippen molar-refractivity contribution in [1.82, 2.24) is 0 Å². The Bertz CT molecular complexity index is 113. The van der Waals surface area contributed by atoms with Crippen LogP contribution in [0.1, 0.15) is 6.42 Å². The van der Waals surface area contributed by atoms with Gasteiger partial charge in [0.1, 0.15) is 0 Å². The van der Waals surface area contributed by atoms with Gasteiger partial charge in [-0.1, -0.05) is 0 Å². The summed E-state index contributed by atoms with van der Waals surface area (Å²) in [5, 5.41) is 26.0. The Morgan fingerprint density at radius 3 is 1.92 bits per heavy atom. The van der Waals surface area contributed by atoms with Crippen LogP contribution in [0.15, 0.2) is 0 Å². The molecule has 0 saturated carbocycles. The van der Waals surface area contributed by atoms with Crippen LogP contribution in [0.4, 0.5) is 0 Å². The molecular weight excluding hydrogens is 162 g/mol. The van der Waals surface area contributed by atoms with Gasteiger partial charge >= 0.3 is 0 Å². The van der Waals surface area contributed by atoms with Crippen LogP contribution in [0.2, 0.25) is 0 Å². The van der Waals surface area contributed by atoms with Crippen molar-refractivity contribution in [3.8, 4) is 0 Å². The van der Waals surface area contributed by atoms with Gasteiger partial charge in [-0.25, -0.2) is 0 Å². The minimum absolute atomic E-state index is 0.164. The van der Waals surface area contributed by atoms with E-state index < -0.39 is 12.1 Å². The fraction of sp³-hybridized carbons (Fsp3) is 0.857. The molecule has 0 heterocycles. The molecule has 0 bridgehead atoms. The molecule has 0 aliphatic carbocycles. The van der Waals surface area contributed by atoms with Crippen molar-refractivity contribution in [3.63, 3.8) is 0 Å². The number of aliphatic hydroxyl groups is 2. The van der Waals surface area contributed by atoms with Crippen molar-refractivity contribution < 1.29 is 25.0 Å². The van der Waals surface area contributed by atoms with E-state index in [1.54, 1.807) is 0 Å². The number of quaternary nitrogens is 1. The van der Waals surface area contributed by atoms with E-state index in [1.807, 2.05) is 0 Å². The number of nitrogens with one attached hydrogen (secondary N) is 1. The van der Waals surface area contributed by atoms with Crippen LogP contribution >= 0.6 is 0 Å². The summed E-state index contributed by atoms with van der Waals surface area (Å²) in [4.78, 5) is 11.0. The Morgan fingerprint density at radius 2 is 1.83 bits per heavy atom. The van der Waals surface area contributed by atoms with E-state index in [1.165, 1.54) is 4.90 Å². The zero-order chi connectivity index (χ0) is 10.1. The first-order valence-corrected chi connectivity index (χ1v) is 3.68. The summed E-state index contributed by atoms with van der Waals surface area (Å²) in [6.45, 7) is -0.338. The third-order valence-corrected chi connectivity index (χ3v) is 0.675. The molecule has 5 nitrogen and oxygen atoms in total. The molecule has 1 atom stereocenters. The van der Waals surface area contributed by atoms with E-state index in [-0.39, 0.29) is 13.0 Å². The van der Waals surface area contributed by atoms with Crippen molar-refractivity contribution in [2.75, 3.05) is 27.7 Å². The first-order chi connectivity index (χ1) is 5.41. The van der Waals surface area contributed by atoms with E-state index in [2.05, 4.69) is 21.1 Å². The molecule has 0 aromatic heterocycles. The molecule has 0 spiro atoms. The molecule has 12 heavy (non-hydrogen) atoms. The number of hydrogen-bond donors (Lipinski definition) is 3. The average molecular weight is 179 g/mol. The van der Waals surface area contributed by atoms with Gasteiger partial charge in [-0.05, 0) is 0 Å². The number of aliphatic hydroxyl groups excluding tert-OH is 2. The van der Waals surface area contributed by atoms with E-state index in [0.717, 1.165) is 0 Å². The normalized spacial score (nSPS) is 11.8. The summed E-state index contributed by atoms with van der Waals surface area (Å²) in [6, 6.07) is 0. The summed E-state index contributed by atoms with van der Waals surface area (Å²) in [7, 11) is 6.25. The van der Waals surface area contributed by atoms with Gasteiger partial charge in [0.2, 0.25) is 0 Å². The van der Waals surface area contributed by atoms with Crippen molar-refractivity contribution in [3.05, 3.63) is 0 Å². The molecule has 0 rings (SSSR count). The Morgan fingerprint density at radius 1 is 1.50 bits per heavy atom. The lowest BCUT2D eigenvalue weighted by atomic mass is 10.3. The Balaban J connectivity index is 0. The van der Waals surface area contributed by atoms with Gasteiger partial charge in [0.05, 0.1) is 33.2 Å². The molecule has 3 N–H and O–H groups in total. The number of rotatable bonds is 3. The van der Waals surface area contributed by atoms with E-state index >= 15 is 0 Å². The third-order valence-electron chi connectivity index (χ3n) is 0.675. The minimum Gasteiger partial charge on any atom is -0.547 e. The van der Waals surface area contributed by atoms with Crippen molar-refractivity contribution in [2.45, 2.75) is 12.5 Å². The second-order valence-corrected chi connectivity index (χ2v) is 2.85. The highest BCUT2D eigenvalue weighted by molar-refractivity contribution is 5.69. The van der Waals surface area contributed by atoms with Gasteiger partial charge in [0, 0.05) is 13.0 Å². The quantitative estimate of drug-likeness (QED) is 0.415. The topological polar surface area (TPSA) is 85.0 Å². The van der Waals surface area contributed by atoms with E-state index in [4.69, 9.17) is 10.2 Å². The Labute approximate surface area is 72.2 Å². The molecule has 0 amide bonds. The van der Waals surface area contributed by atoms with Gasteiger partial charge < -0.3 is 25.0 Å². The number of carbonyl (C=O) groups is 1. The number of hydrogen-bond acceptors (Lipinski definition) is 4. The van der Waals surface area contributed by atoms with Crippen molar-refractivity contribution in [2.24, 2.45) is 0 Å². The molecule has 0 radical (unpaired) electrons. The predicted octanol–water partition coefficient (Wildman–Crippen LogP) is -3.76. The Hall–Kier alpha value is -0.650. The lowest BCUT2D eigenvalue weighted by molar-refractivity contribution is -0.836. The monoisotopic (exact) mass is 179 g/mol. The lowest BCUT2D eigenvalue weighted by Crippen LogP contribution is -3.02. The van der Waals surface area contributed by atoms with Gasteiger partial charge in [0.25, 0.3) is 0 Å². The molecule has 0 aromatic carbocycles. The van der Waals surface area contributed by atoms with Crippen molar-refractivity contribution in [1.29, 1.82) is 0 Å². The Kier molecular flexibility index (Phi) is 9.79. The molecule has 0 aliphatic heterocycles. The predicted molar refractivity (Wildman–Crippen MR) is 41.5 cm³/mol. The summed E-state index contributed by atoms with van der Waals surface area (Å²) in [6.07, 6.45) is -1.69. The fourth-order valence-electron chi connectivity index (χ4n) is 0.240. The van der Waals surface area contributed by atoms with Crippen LogP contribution in [-0.4, -0.2) is 50.0 Å². The zero-order valence-corrected chi connectivity index (χ0v) is 7.70. The molecule has 1 unspecified atom stereocenters. The SMILES string of the molecule is C[NH+](C)C.O=C([O-])C(O)CCO. The number of aliphatic carboxylic acids is 1. The highest BCUT2D eigenvalue weighted by Crippen LogP contribution is 1.85. The average Bonchev–Trinajstić information content (AvgIpc) is 1.86. The summed E-state index contributed by atoms with van der Waals surface area (Å²) >= 11 is 0. The minimum atomic E-state index is -1.54. The summed E-state index contributed by atoms with van der Waals surface area (Å²) in [5.41, 5.74) is 0. The van der Waals surface area contributed by atoms with Crippen molar-refractivity contribution >= 4 is 5.97 Å². The zero-order valence-electron chi connectivity index (χ0n) is 7.70. The summed E-state index contributed by atoms with van der Waals surface area (Å²) < 4.78 is 0. The first-order valence-electron chi connectivity index (χ1n) is 3.68.